The van der Waals surface area contributed by atoms with Crippen LogP contribution in [0.2, 0.25) is 0 Å². The van der Waals surface area contributed by atoms with Crippen molar-refractivity contribution in [1.29, 1.82) is 0 Å². The van der Waals surface area contributed by atoms with Crippen LogP contribution in [0.5, 0.6) is 0 Å². The topological polar surface area (TPSA) is 101 Å². The third kappa shape index (κ3) is 18.1. The number of ether oxygens (including phenoxy) is 5. The van der Waals surface area contributed by atoms with Crippen LogP contribution in [0.1, 0.15) is 102 Å². The maximum atomic E-state index is 12.9. The van der Waals surface area contributed by atoms with E-state index < -0.39 is 11.3 Å². The summed E-state index contributed by atoms with van der Waals surface area (Å²) < 4.78 is 28.3. The number of carbonyl (C=O) groups excluding carboxylic acids is 3. The molecule has 278 valence electrons. The molecule has 2 aromatic carbocycles. The van der Waals surface area contributed by atoms with Gasteiger partial charge in [0.05, 0.1) is 24.5 Å². The Kier molecular flexibility index (Phi) is 20.4. The zero-order valence-electron chi connectivity index (χ0n) is 30.6. The molecule has 9 nitrogen and oxygen atoms in total. The number of rotatable bonds is 27. The Balaban J connectivity index is 1.26. The minimum atomic E-state index is -0.561. The SMILES string of the molecule is CN1CCC(C)(C(=O)OCC(COC(=O)CCCCCCCOCc2ccccc2)COC(=O)CCCCCCCOCc2ccccc2)C1. The molecule has 1 saturated heterocycles. The highest BCUT2D eigenvalue weighted by Gasteiger charge is 2.40. The van der Waals surface area contributed by atoms with Crippen molar-refractivity contribution in [3.8, 4) is 0 Å². The molecule has 0 radical (unpaired) electrons. The van der Waals surface area contributed by atoms with Gasteiger partial charge < -0.3 is 28.6 Å². The standard InChI is InChI=1S/C41H61NO8/c1-41(25-26-42(2)34-41)40(45)50-33-37(31-48-38(43)23-15-5-3-7-17-27-46-29-35-19-11-9-12-20-35)32-49-39(44)24-16-6-4-8-18-28-47-30-36-21-13-10-14-22-36/h9-14,19-22,37H,3-8,15-18,23-34H2,1-2H3. The van der Waals surface area contributed by atoms with Gasteiger partial charge >= 0.3 is 17.9 Å². The number of carbonyl (C=O) groups is 3. The highest BCUT2D eigenvalue weighted by molar-refractivity contribution is 5.77. The van der Waals surface area contributed by atoms with Crippen LogP contribution in [0.25, 0.3) is 0 Å². The van der Waals surface area contributed by atoms with Gasteiger partial charge in [0.25, 0.3) is 0 Å². The van der Waals surface area contributed by atoms with E-state index in [4.69, 9.17) is 23.7 Å². The Labute approximate surface area is 300 Å². The molecule has 0 aliphatic carbocycles. The zero-order chi connectivity index (χ0) is 35.7. The molecule has 1 atom stereocenters. The Bertz CT molecular complexity index is 1140. The first-order chi connectivity index (χ1) is 24.3. The van der Waals surface area contributed by atoms with Crippen LogP contribution in [0, 0.1) is 11.3 Å². The van der Waals surface area contributed by atoms with E-state index in [9.17, 15) is 14.4 Å². The summed E-state index contributed by atoms with van der Waals surface area (Å²) in [5.41, 5.74) is 1.80. The minimum Gasteiger partial charge on any atom is -0.465 e. The minimum absolute atomic E-state index is 0.0391. The molecule has 0 spiro atoms. The van der Waals surface area contributed by atoms with Crippen LogP contribution in [-0.2, 0) is 51.3 Å². The summed E-state index contributed by atoms with van der Waals surface area (Å²) in [5.74, 6) is -1.25. The average molecular weight is 696 g/mol. The van der Waals surface area contributed by atoms with Gasteiger partial charge in [-0.05, 0) is 63.7 Å². The van der Waals surface area contributed by atoms with E-state index in [2.05, 4.69) is 29.2 Å². The maximum absolute atomic E-state index is 12.9. The van der Waals surface area contributed by atoms with Crippen LogP contribution in [-0.4, -0.2) is 76.0 Å². The van der Waals surface area contributed by atoms with E-state index in [1.54, 1.807) is 0 Å². The van der Waals surface area contributed by atoms with E-state index in [0.29, 0.717) is 32.6 Å². The largest absolute Gasteiger partial charge is 0.465 e. The van der Waals surface area contributed by atoms with Gasteiger partial charge in [-0.2, -0.15) is 0 Å². The van der Waals surface area contributed by atoms with E-state index >= 15 is 0 Å². The molecule has 3 rings (SSSR count). The molecular weight excluding hydrogens is 634 g/mol. The molecule has 0 N–H and O–H groups in total. The van der Waals surface area contributed by atoms with E-state index in [-0.39, 0.29) is 37.7 Å². The molecule has 1 aliphatic heterocycles. The van der Waals surface area contributed by atoms with Gasteiger partial charge in [0.15, 0.2) is 0 Å². The Morgan fingerprint density at radius 2 is 1.08 bits per heavy atom. The monoisotopic (exact) mass is 695 g/mol. The zero-order valence-corrected chi connectivity index (χ0v) is 30.6. The molecule has 50 heavy (non-hydrogen) atoms. The molecule has 1 heterocycles. The molecule has 1 fully saturated rings. The van der Waals surface area contributed by atoms with Gasteiger partial charge in [0, 0.05) is 32.6 Å². The molecule has 0 amide bonds. The van der Waals surface area contributed by atoms with Gasteiger partial charge in [-0.15, -0.1) is 0 Å². The number of unbranched alkanes of at least 4 members (excludes halogenated alkanes) is 8. The lowest BCUT2D eigenvalue weighted by atomic mass is 9.90. The molecule has 1 aliphatic rings. The summed E-state index contributed by atoms with van der Waals surface area (Å²) in [6.07, 6.45) is 11.0. The van der Waals surface area contributed by atoms with Crippen LogP contribution in [0.4, 0.5) is 0 Å². The van der Waals surface area contributed by atoms with Crippen LogP contribution in [0.3, 0.4) is 0 Å². The van der Waals surface area contributed by atoms with Crippen molar-refractivity contribution in [2.45, 2.75) is 104 Å². The quantitative estimate of drug-likeness (QED) is 0.0529. The fraction of sp³-hybridized carbons (Fsp3) is 0.634. The van der Waals surface area contributed by atoms with Gasteiger partial charge in [0.1, 0.15) is 19.8 Å². The number of esters is 3. The Morgan fingerprint density at radius 1 is 0.640 bits per heavy atom. The molecule has 0 bridgehead atoms. The van der Waals surface area contributed by atoms with Crippen molar-refractivity contribution in [1.82, 2.24) is 4.90 Å². The first kappa shape index (κ1) is 41.2. The fourth-order valence-corrected chi connectivity index (χ4v) is 5.97. The van der Waals surface area contributed by atoms with Crippen molar-refractivity contribution in [2.75, 3.05) is 53.2 Å². The van der Waals surface area contributed by atoms with E-state index in [1.807, 2.05) is 50.4 Å². The smallest absolute Gasteiger partial charge is 0.313 e. The van der Waals surface area contributed by atoms with Gasteiger partial charge in [-0.25, -0.2) is 0 Å². The molecule has 2 aromatic rings. The predicted molar refractivity (Wildman–Crippen MR) is 194 cm³/mol. The number of hydrogen-bond acceptors (Lipinski definition) is 9. The van der Waals surface area contributed by atoms with Crippen LogP contribution >= 0.6 is 0 Å². The third-order valence-electron chi connectivity index (χ3n) is 9.13. The molecule has 1 unspecified atom stereocenters. The maximum Gasteiger partial charge on any atom is 0.313 e. The molecule has 0 saturated carbocycles. The molecular formula is C41H61NO8. The first-order valence-corrected chi connectivity index (χ1v) is 18.7. The lowest BCUT2D eigenvalue weighted by Crippen LogP contribution is -2.35. The van der Waals surface area contributed by atoms with Crippen molar-refractivity contribution in [3.63, 3.8) is 0 Å². The van der Waals surface area contributed by atoms with Gasteiger partial charge in [-0.3, -0.25) is 14.4 Å². The van der Waals surface area contributed by atoms with Gasteiger partial charge in [0.2, 0.25) is 0 Å². The normalized spacial score (nSPS) is 16.1. The van der Waals surface area contributed by atoms with E-state index in [1.165, 1.54) is 11.1 Å². The highest BCUT2D eigenvalue weighted by atomic mass is 16.6. The average Bonchev–Trinajstić information content (AvgIpc) is 3.49. The lowest BCUT2D eigenvalue weighted by Gasteiger charge is -2.24. The predicted octanol–water partition coefficient (Wildman–Crippen LogP) is 7.69. The molecule has 0 aromatic heterocycles. The Morgan fingerprint density at radius 3 is 1.54 bits per heavy atom. The molecule has 9 heteroatoms. The number of hydrogen-bond donors (Lipinski definition) is 0. The number of benzene rings is 2. The first-order valence-electron chi connectivity index (χ1n) is 18.7. The Hall–Kier alpha value is -3.27. The number of nitrogens with zero attached hydrogens (tertiary/aromatic N) is 1. The summed E-state index contributed by atoms with van der Waals surface area (Å²) in [7, 11) is 1.99. The summed E-state index contributed by atoms with van der Waals surface area (Å²) in [6, 6.07) is 20.3. The van der Waals surface area contributed by atoms with Gasteiger partial charge in [-0.1, -0.05) is 99.2 Å². The summed E-state index contributed by atoms with van der Waals surface area (Å²) in [4.78, 5) is 40.0. The third-order valence-corrected chi connectivity index (χ3v) is 9.13. The summed E-state index contributed by atoms with van der Waals surface area (Å²) in [6.45, 7) is 6.26. The van der Waals surface area contributed by atoms with E-state index in [0.717, 1.165) is 90.4 Å². The summed E-state index contributed by atoms with van der Waals surface area (Å²) in [5, 5.41) is 0. The second-order valence-electron chi connectivity index (χ2n) is 14.0. The van der Waals surface area contributed by atoms with Crippen LogP contribution < -0.4 is 0 Å². The fourth-order valence-electron chi connectivity index (χ4n) is 5.97. The van der Waals surface area contributed by atoms with Crippen molar-refractivity contribution >= 4 is 17.9 Å². The van der Waals surface area contributed by atoms with Crippen molar-refractivity contribution in [3.05, 3.63) is 71.8 Å². The van der Waals surface area contributed by atoms with Crippen LogP contribution in [0.15, 0.2) is 60.7 Å². The summed E-state index contributed by atoms with van der Waals surface area (Å²) >= 11 is 0. The second kappa shape index (κ2) is 24.8. The highest BCUT2D eigenvalue weighted by Crippen LogP contribution is 2.30. The lowest BCUT2D eigenvalue weighted by molar-refractivity contribution is -0.159. The second-order valence-corrected chi connectivity index (χ2v) is 14.0. The number of likely N-dealkylation sites (tertiary alicyclic amines) is 1. The van der Waals surface area contributed by atoms with Crippen molar-refractivity contribution in [2.24, 2.45) is 11.3 Å². The van der Waals surface area contributed by atoms with Crippen molar-refractivity contribution < 1.29 is 38.1 Å².